The predicted octanol–water partition coefficient (Wildman–Crippen LogP) is 2.62. The summed E-state index contributed by atoms with van der Waals surface area (Å²) in [6, 6.07) is 0. The monoisotopic (exact) mass is 196 g/mol. The maximum Gasteiger partial charge on any atom is 0.309 e. The molecule has 2 aliphatic carbocycles. The third kappa shape index (κ3) is 0.999. The molecule has 2 heteroatoms. The van der Waals surface area contributed by atoms with Crippen molar-refractivity contribution in [3.63, 3.8) is 0 Å². The third-order valence-corrected chi connectivity index (χ3v) is 4.33. The Morgan fingerprint density at radius 2 is 1.93 bits per heavy atom. The van der Waals surface area contributed by atoms with Crippen molar-refractivity contribution in [1.82, 2.24) is 0 Å². The first-order valence-corrected chi connectivity index (χ1v) is 5.81. The molecule has 2 nitrogen and oxygen atoms in total. The van der Waals surface area contributed by atoms with E-state index in [1.165, 1.54) is 6.42 Å². The molecule has 4 atom stereocenters. The van der Waals surface area contributed by atoms with Gasteiger partial charge in [0.1, 0.15) is 6.10 Å². The Hall–Kier alpha value is -0.530. The predicted molar refractivity (Wildman–Crippen MR) is 54.7 cm³/mol. The molecule has 80 valence electrons. The fraction of sp³-hybridized carbons (Fsp3) is 0.917. The molecule has 0 aromatic heterocycles. The summed E-state index contributed by atoms with van der Waals surface area (Å²) in [4.78, 5) is 11.4. The number of carbonyl (C=O) groups excluding carboxylic acids is 1. The maximum atomic E-state index is 11.4. The van der Waals surface area contributed by atoms with Gasteiger partial charge in [0.05, 0.1) is 5.92 Å². The second-order valence-electron chi connectivity index (χ2n) is 5.12. The summed E-state index contributed by atoms with van der Waals surface area (Å²) < 4.78 is 5.42. The first kappa shape index (κ1) is 10.0. The lowest BCUT2D eigenvalue weighted by atomic mass is 9.72. The van der Waals surface area contributed by atoms with E-state index in [1.54, 1.807) is 0 Å². The average molecular weight is 196 g/mol. The first-order chi connectivity index (χ1) is 6.60. The lowest BCUT2D eigenvalue weighted by molar-refractivity contribution is -0.145. The van der Waals surface area contributed by atoms with Crippen LogP contribution in [-0.2, 0) is 9.53 Å². The zero-order chi connectivity index (χ0) is 10.5. The summed E-state index contributed by atoms with van der Waals surface area (Å²) in [5.74, 6) is 1.66. The fourth-order valence-electron chi connectivity index (χ4n) is 3.52. The summed E-state index contributed by atoms with van der Waals surface area (Å²) in [7, 11) is 0. The maximum absolute atomic E-state index is 11.4. The van der Waals surface area contributed by atoms with Gasteiger partial charge in [-0.05, 0) is 18.8 Å². The molecule has 1 heterocycles. The van der Waals surface area contributed by atoms with Crippen LogP contribution in [0.15, 0.2) is 0 Å². The quantitative estimate of drug-likeness (QED) is 0.557. The molecule has 2 saturated carbocycles. The highest BCUT2D eigenvalue weighted by molar-refractivity contribution is 5.76. The minimum absolute atomic E-state index is 0.0816. The molecule has 2 bridgehead atoms. The number of hydrogen-bond acceptors (Lipinski definition) is 2. The number of hydrogen-bond donors (Lipinski definition) is 0. The van der Waals surface area contributed by atoms with Crippen LogP contribution in [0.3, 0.4) is 0 Å². The van der Waals surface area contributed by atoms with Crippen molar-refractivity contribution in [2.24, 2.45) is 23.2 Å². The van der Waals surface area contributed by atoms with Gasteiger partial charge in [-0.3, -0.25) is 4.79 Å². The molecular weight excluding hydrogens is 176 g/mol. The lowest BCUT2D eigenvalue weighted by Crippen LogP contribution is -2.34. The summed E-state index contributed by atoms with van der Waals surface area (Å²) in [5.41, 5.74) is 0.257. The van der Waals surface area contributed by atoms with E-state index in [-0.39, 0.29) is 23.4 Å². The highest BCUT2D eigenvalue weighted by Gasteiger charge is 2.65. The molecule has 4 unspecified atom stereocenters. The van der Waals surface area contributed by atoms with E-state index < -0.39 is 0 Å². The van der Waals surface area contributed by atoms with Gasteiger partial charge in [0, 0.05) is 11.3 Å². The highest BCUT2D eigenvalue weighted by Crippen LogP contribution is 2.62. The molecule has 3 aliphatic rings. The van der Waals surface area contributed by atoms with E-state index in [0.29, 0.717) is 5.92 Å². The van der Waals surface area contributed by atoms with Crippen molar-refractivity contribution in [2.45, 2.75) is 46.6 Å². The van der Waals surface area contributed by atoms with Crippen LogP contribution in [0, 0.1) is 23.2 Å². The van der Waals surface area contributed by atoms with Crippen LogP contribution in [0.1, 0.15) is 40.5 Å². The van der Waals surface area contributed by atoms with Crippen LogP contribution >= 0.6 is 0 Å². The van der Waals surface area contributed by atoms with Crippen molar-refractivity contribution in [1.29, 1.82) is 0 Å². The van der Waals surface area contributed by atoms with Gasteiger partial charge in [-0.15, -0.1) is 0 Å². The molecule has 0 spiro atoms. The fourth-order valence-corrected chi connectivity index (χ4v) is 3.52. The van der Waals surface area contributed by atoms with Crippen molar-refractivity contribution >= 4 is 5.97 Å². The van der Waals surface area contributed by atoms with Gasteiger partial charge in [-0.1, -0.05) is 27.7 Å². The van der Waals surface area contributed by atoms with E-state index in [4.69, 9.17) is 4.74 Å². The number of carbonyl (C=O) groups is 1. The van der Waals surface area contributed by atoms with Crippen LogP contribution in [0.25, 0.3) is 0 Å². The zero-order valence-electron chi connectivity index (χ0n) is 9.54. The summed E-state index contributed by atoms with van der Waals surface area (Å²) in [6.45, 7) is 8.49. The first-order valence-electron chi connectivity index (χ1n) is 5.81. The molecule has 0 aromatic rings. The summed E-state index contributed by atoms with van der Waals surface area (Å²) in [5, 5.41) is 0. The number of fused-ring (bicyclic) bond motifs is 1. The average Bonchev–Trinajstić information content (AvgIpc) is 2.74. The molecule has 3 rings (SSSR count). The van der Waals surface area contributed by atoms with E-state index in [0.717, 1.165) is 12.3 Å². The van der Waals surface area contributed by atoms with E-state index in [1.807, 2.05) is 13.8 Å². The molecule has 0 N–H and O–H groups in total. The van der Waals surface area contributed by atoms with Gasteiger partial charge in [-0.2, -0.15) is 0 Å². The molecule has 0 aromatic carbocycles. The Kier molecular flexibility index (Phi) is 2.13. The molecule has 0 radical (unpaired) electrons. The Morgan fingerprint density at radius 1 is 1.29 bits per heavy atom. The van der Waals surface area contributed by atoms with Crippen LogP contribution in [0.4, 0.5) is 0 Å². The van der Waals surface area contributed by atoms with Crippen molar-refractivity contribution < 1.29 is 9.53 Å². The summed E-state index contributed by atoms with van der Waals surface area (Å²) in [6.07, 6.45) is 2.56. The molecule has 3 fully saturated rings. The molecular formula is C12H20O2. The van der Waals surface area contributed by atoms with Gasteiger partial charge >= 0.3 is 5.97 Å². The van der Waals surface area contributed by atoms with Gasteiger partial charge in [0.15, 0.2) is 0 Å². The topological polar surface area (TPSA) is 26.3 Å². The lowest BCUT2D eigenvalue weighted by Gasteiger charge is -2.32. The highest BCUT2D eigenvalue weighted by atomic mass is 16.6. The number of esters is 1. The molecule has 1 aliphatic heterocycles. The van der Waals surface area contributed by atoms with Crippen LogP contribution in [-0.4, -0.2) is 12.1 Å². The Balaban J connectivity index is 0.000000354. The minimum Gasteiger partial charge on any atom is -0.461 e. The van der Waals surface area contributed by atoms with E-state index >= 15 is 0 Å². The normalized spacial score (nSPS) is 45.9. The van der Waals surface area contributed by atoms with Crippen LogP contribution < -0.4 is 0 Å². The molecule has 1 saturated heterocycles. The minimum atomic E-state index is 0.0816. The molecule has 0 amide bonds. The van der Waals surface area contributed by atoms with E-state index in [9.17, 15) is 4.79 Å². The van der Waals surface area contributed by atoms with Gasteiger partial charge in [-0.25, -0.2) is 0 Å². The Bertz CT molecular complexity index is 257. The van der Waals surface area contributed by atoms with Gasteiger partial charge in [0.2, 0.25) is 0 Å². The van der Waals surface area contributed by atoms with Crippen LogP contribution in [0.2, 0.25) is 0 Å². The van der Waals surface area contributed by atoms with Gasteiger partial charge in [0.25, 0.3) is 0 Å². The zero-order valence-corrected chi connectivity index (χ0v) is 9.54. The standard InChI is InChI=1S/C10H14O2.C2H6/c1-10(2)5-3-6-7(4-5)9(11)12-8(6)10;1-2/h5-8H,3-4H2,1-2H3;1-2H3. The number of ether oxygens (including phenoxy) is 1. The smallest absolute Gasteiger partial charge is 0.309 e. The second-order valence-corrected chi connectivity index (χ2v) is 5.12. The Morgan fingerprint density at radius 3 is 2.43 bits per heavy atom. The van der Waals surface area contributed by atoms with Crippen molar-refractivity contribution in [3.8, 4) is 0 Å². The van der Waals surface area contributed by atoms with E-state index in [2.05, 4.69) is 13.8 Å². The van der Waals surface area contributed by atoms with Crippen molar-refractivity contribution in [2.75, 3.05) is 0 Å². The second kappa shape index (κ2) is 2.98. The third-order valence-electron chi connectivity index (χ3n) is 4.33. The molecule has 14 heavy (non-hydrogen) atoms. The summed E-state index contributed by atoms with van der Waals surface area (Å²) >= 11 is 0. The van der Waals surface area contributed by atoms with Gasteiger partial charge < -0.3 is 4.74 Å². The van der Waals surface area contributed by atoms with Crippen molar-refractivity contribution in [3.05, 3.63) is 0 Å². The SMILES string of the molecule is CC.CC1(C)C2CC3C(=O)OC1C3C2. The number of rotatable bonds is 0. The van der Waals surface area contributed by atoms with Crippen LogP contribution in [0.5, 0.6) is 0 Å². The Labute approximate surface area is 86.0 Å². The largest absolute Gasteiger partial charge is 0.461 e.